The van der Waals surface area contributed by atoms with Crippen LogP contribution in [0.25, 0.3) is 0 Å². The first-order valence-electron chi connectivity index (χ1n) is 12.0. The monoisotopic (exact) mass is 545 g/mol. The summed E-state index contributed by atoms with van der Waals surface area (Å²) >= 11 is 0. The van der Waals surface area contributed by atoms with Crippen LogP contribution in [0.1, 0.15) is 39.2 Å². The summed E-state index contributed by atoms with van der Waals surface area (Å²) in [5.41, 5.74) is 0.244. The summed E-state index contributed by atoms with van der Waals surface area (Å²) in [6.45, 7) is 6.92. The number of nitrogens with one attached hydrogen (secondary N) is 3. The molecule has 0 unspecified atom stereocenters. The van der Waals surface area contributed by atoms with Crippen LogP contribution in [0.3, 0.4) is 0 Å². The highest BCUT2D eigenvalue weighted by Gasteiger charge is 2.37. The van der Waals surface area contributed by atoms with E-state index >= 15 is 0 Å². The number of hydrogen-bond donors (Lipinski definition) is 3. The molecule has 1 aliphatic rings. The van der Waals surface area contributed by atoms with Crippen molar-refractivity contribution < 1.29 is 31.5 Å². The molecule has 4 rings (SSSR count). The van der Waals surface area contributed by atoms with Gasteiger partial charge in [0.2, 0.25) is 10.0 Å². The van der Waals surface area contributed by atoms with Gasteiger partial charge >= 0.3 is 6.09 Å². The first-order valence-corrected chi connectivity index (χ1v) is 13.5. The van der Waals surface area contributed by atoms with Crippen LogP contribution in [-0.4, -0.2) is 25.4 Å². The maximum Gasteiger partial charge on any atom is 0.412 e. The Bertz CT molecular complexity index is 1470. The highest BCUT2D eigenvalue weighted by molar-refractivity contribution is 7.93. The van der Waals surface area contributed by atoms with Crippen LogP contribution >= 0.6 is 0 Å². The molecular formula is C27H29F2N3O5S. The number of anilines is 4. The molecule has 3 N–H and O–H groups in total. The Morgan fingerprint density at radius 3 is 2.39 bits per heavy atom. The van der Waals surface area contributed by atoms with E-state index < -0.39 is 38.6 Å². The van der Waals surface area contributed by atoms with Gasteiger partial charge in [-0.05, 0) is 76.4 Å². The maximum atomic E-state index is 14.7. The molecule has 38 heavy (non-hydrogen) atoms. The van der Waals surface area contributed by atoms with Crippen molar-refractivity contribution in [3.8, 4) is 11.5 Å². The first kappa shape index (κ1) is 27.2. The van der Waals surface area contributed by atoms with Crippen molar-refractivity contribution in [3.05, 3.63) is 71.8 Å². The lowest BCUT2D eigenvalue weighted by Crippen LogP contribution is -2.27. The number of carbonyl (C=O) groups excluding carboxylic acids is 1. The third-order valence-electron chi connectivity index (χ3n) is 5.38. The second-order valence-electron chi connectivity index (χ2n) is 10.0. The van der Waals surface area contributed by atoms with Gasteiger partial charge < -0.3 is 14.8 Å². The lowest BCUT2D eigenvalue weighted by Gasteiger charge is -2.20. The number of aryl methyl sites for hydroxylation is 1. The van der Waals surface area contributed by atoms with Gasteiger partial charge in [-0.15, -0.1) is 0 Å². The highest BCUT2D eigenvalue weighted by atomic mass is 32.2. The Morgan fingerprint density at radius 1 is 1.00 bits per heavy atom. The summed E-state index contributed by atoms with van der Waals surface area (Å²) in [6.07, 6.45) is 0.325. The summed E-state index contributed by atoms with van der Waals surface area (Å²) in [5.74, 6) is -1.30. The van der Waals surface area contributed by atoms with Crippen molar-refractivity contribution in [1.82, 2.24) is 0 Å². The predicted molar refractivity (Wildman–Crippen MR) is 143 cm³/mol. The van der Waals surface area contributed by atoms with Gasteiger partial charge in [-0.2, -0.15) is 0 Å². The van der Waals surface area contributed by atoms with Gasteiger partial charge in [0.05, 0.1) is 16.6 Å². The number of benzene rings is 3. The van der Waals surface area contributed by atoms with Crippen molar-refractivity contribution in [1.29, 1.82) is 0 Å². The van der Waals surface area contributed by atoms with E-state index in [4.69, 9.17) is 9.47 Å². The van der Waals surface area contributed by atoms with Crippen LogP contribution in [0.4, 0.5) is 36.3 Å². The van der Waals surface area contributed by atoms with E-state index in [2.05, 4.69) is 15.4 Å². The Labute approximate surface area is 220 Å². The first-order chi connectivity index (χ1) is 17.8. The fraction of sp³-hybridized carbons (Fsp3) is 0.296. The topological polar surface area (TPSA) is 106 Å². The molecule has 0 atom stereocenters. The smallest absolute Gasteiger partial charge is 0.412 e. The summed E-state index contributed by atoms with van der Waals surface area (Å²) in [5, 5.41) is 4.79. The molecule has 0 heterocycles. The third kappa shape index (κ3) is 7.12. The van der Waals surface area contributed by atoms with E-state index in [1.807, 2.05) is 0 Å². The normalized spacial score (nSPS) is 13.5. The molecule has 8 nitrogen and oxygen atoms in total. The Morgan fingerprint density at radius 2 is 1.74 bits per heavy atom. The second kappa shape index (κ2) is 10.5. The number of ether oxygens (including phenoxy) is 2. The van der Waals surface area contributed by atoms with Gasteiger partial charge in [-0.3, -0.25) is 10.0 Å². The van der Waals surface area contributed by atoms with Crippen LogP contribution in [0, 0.1) is 18.6 Å². The standard InChI is InChI=1S/C27H29F2N3O5S/c1-16-8-11-22(21(29)12-16)31-23-13-17(28)14-24(25(23)32-38(34,35)20-9-10-20)36-19-7-5-6-18(15-19)30-26(33)37-27(2,3)4/h5-8,11-15,20,31-32H,9-10H2,1-4H3,(H,30,33). The van der Waals surface area contributed by atoms with Gasteiger partial charge in [-0.1, -0.05) is 12.1 Å². The molecule has 0 aliphatic heterocycles. The summed E-state index contributed by atoms with van der Waals surface area (Å²) in [4.78, 5) is 12.2. The van der Waals surface area contributed by atoms with E-state index in [9.17, 15) is 22.0 Å². The van der Waals surface area contributed by atoms with Gasteiger partial charge in [0.25, 0.3) is 0 Å². The maximum absolute atomic E-state index is 14.7. The molecule has 1 amide bonds. The van der Waals surface area contributed by atoms with Gasteiger partial charge in [0.15, 0.2) is 5.75 Å². The van der Waals surface area contributed by atoms with Gasteiger partial charge in [-0.25, -0.2) is 22.0 Å². The molecule has 3 aromatic carbocycles. The zero-order valence-corrected chi connectivity index (χ0v) is 22.2. The Balaban J connectivity index is 1.69. The molecule has 0 saturated heterocycles. The number of halogens is 2. The molecule has 0 aromatic heterocycles. The average Bonchev–Trinajstić information content (AvgIpc) is 3.63. The van der Waals surface area contributed by atoms with E-state index in [1.165, 1.54) is 18.2 Å². The van der Waals surface area contributed by atoms with Crippen molar-refractivity contribution in [2.45, 2.75) is 51.4 Å². The Hall–Kier alpha value is -3.86. The van der Waals surface area contributed by atoms with Crippen molar-refractivity contribution in [3.63, 3.8) is 0 Å². The number of rotatable bonds is 8. The lowest BCUT2D eigenvalue weighted by atomic mass is 10.2. The average molecular weight is 546 g/mol. The molecule has 0 bridgehead atoms. The zero-order chi connectivity index (χ0) is 27.7. The fourth-order valence-corrected chi connectivity index (χ4v) is 4.94. The van der Waals surface area contributed by atoms with Crippen LogP contribution in [0.5, 0.6) is 11.5 Å². The molecule has 0 spiro atoms. The fourth-order valence-electron chi connectivity index (χ4n) is 3.52. The van der Waals surface area contributed by atoms with E-state index in [-0.39, 0.29) is 28.6 Å². The number of sulfonamides is 1. The highest BCUT2D eigenvalue weighted by Crippen LogP contribution is 2.41. The lowest BCUT2D eigenvalue weighted by molar-refractivity contribution is 0.0636. The molecule has 11 heteroatoms. The van der Waals surface area contributed by atoms with Crippen molar-refractivity contribution in [2.75, 3.05) is 15.4 Å². The molecule has 202 valence electrons. The minimum absolute atomic E-state index is 0.0302. The second-order valence-corrected chi connectivity index (χ2v) is 12.0. The zero-order valence-electron chi connectivity index (χ0n) is 21.4. The number of carbonyl (C=O) groups is 1. The van der Waals surface area contributed by atoms with Crippen LogP contribution < -0.4 is 20.1 Å². The van der Waals surface area contributed by atoms with Crippen LogP contribution in [0.2, 0.25) is 0 Å². The molecule has 1 saturated carbocycles. The van der Waals surface area contributed by atoms with Crippen molar-refractivity contribution >= 4 is 38.9 Å². The van der Waals surface area contributed by atoms with Crippen molar-refractivity contribution in [2.24, 2.45) is 0 Å². The van der Waals surface area contributed by atoms with E-state index in [1.54, 1.807) is 52.0 Å². The van der Waals surface area contributed by atoms with Crippen LogP contribution in [0.15, 0.2) is 54.6 Å². The molecule has 3 aromatic rings. The minimum Gasteiger partial charge on any atom is -0.455 e. The SMILES string of the molecule is Cc1ccc(Nc2cc(F)cc(Oc3cccc(NC(=O)OC(C)(C)C)c3)c2NS(=O)(=O)C2CC2)c(F)c1. The summed E-state index contributed by atoms with van der Waals surface area (Å²) in [7, 11) is -3.80. The van der Waals surface area contributed by atoms with Crippen LogP contribution in [-0.2, 0) is 14.8 Å². The van der Waals surface area contributed by atoms with Gasteiger partial charge in [0.1, 0.15) is 28.7 Å². The minimum atomic E-state index is -3.80. The molecule has 0 radical (unpaired) electrons. The molecule has 1 aliphatic carbocycles. The Kier molecular flexibility index (Phi) is 7.50. The van der Waals surface area contributed by atoms with E-state index in [0.717, 1.165) is 12.1 Å². The third-order valence-corrected chi connectivity index (χ3v) is 7.21. The van der Waals surface area contributed by atoms with Gasteiger partial charge in [0, 0.05) is 17.8 Å². The quantitative estimate of drug-likeness (QED) is 0.280. The largest absolute Gasteiger partial charge is 0.455 e. The summed E-state index contributed by atoms with van der Waals surface area (Å²) in [6, 6.07) is 12.7. The molecule has 1 fully saturated rings. The summed E-state index contributed by atoms with van der Waals surface area (Å²) < 4.78 is 68.6. The van der Waals surface area contributed by atoms with E-state index in [0.29, 0.717) is 24.1 Å². The molecular weight excluding hydrogens is 516 g/mol. The number of hydrogen-bond acceptors (Lipinski definition) is 6. The number of amides is 1. The predicted octanol–water partition coefficient (Wildman–Crippen LogP) is 7.06.